The van der Waals surface area contributed by atoms with Crippen LogP contribution in [0.2, 0.25) is 0 Å². The van der Waals surface area contributed by atoms with Crippen LogP contribution in [0.3, 0.4) is 0 Å². The molecule has 0 spiro atoms. The van der Waals surface area contributed by atoms with E-state index >= 15 is 0 Å². The summed E-state index contributed by atoms with van der Waals surface area (Å²) in [5.74, 6) is 0. The molecular formula is C11H29NO7P2+2. The molecule has 0 heterocycles. The topological polar surface area (TPSA) is 161 Å². The largest absolute Gasteiger partial charge is 0.692 e. The van der Waals surface area contributed by atoms with Crippen LogP contribution >= 0.6 is 16.5 Å². The van der Waals surface area contributed by atoms with Gasteiger partial charge in [-0.1, -0.05) is 44.9 Å². The van der Waals surface area contributed by atoms with Gasteiger partial charge in [-0.2, -0.15) is 0 Å². The summed E-state index contributed by atoms with van der Waals surface area (Å²) in [5.41, 5.74) is 5.40. The van der Waals surface area contributed by atoms with Gasteiger partial charge in [0.05, 0.1) is 0 Å². The molecule has 8 nitrogen and oxygen atoms in total. The molecule has 0 radical (unpaired) electrons. The maximum Gasteiger partial charge on any atom is 0.692 e. The summed E-state index contributed by atoms with van der Waals surface area (Å²) in [5, 5.41) is 8.55. The van der Waals surface area contributed by atoms with Gasteiger partial charge in [0.2, 0.25) is 0 Å². The van der Waals surface area contributed by atoms with Crippen molar-refractivity contribution >= 4 is 16.5 Å². The summed E-state index contributed by atoms with van der Waals surface area (Å²) < 4.78 is 17.4. The van der Waals surface area contributed by atoms with Crippen molar-refractivity contribution in [3.05, 3.63) is 0 Å². The molecule has 0 aromatic rings. The highest BCUT2D eigenvalue weighted by Crippen LogP contribution is 2.08. The van der Waals surface area contributed by atoms with Crippen LogP contribution in [0.4, 0.5) is 0 Å². The van der Waals surface area contributed by atoms with Crippen LogP contribution in [-0.4, -0.2) is 37.8 Å². The van der Waals surface area contributed by atoms with E-state index in [9.17, 15) is 0 Å². The molecule has 0 aliphatic carbocycles. The fourth-order valence-electron chi connectivity index (χ4n) is 1.49. The van der Waals surface area contributed by atoms with E-state index in [-0.39, 0.29) is 0 Å². The van der Waals surface area contributed by atoms with Crippen molar-refractivity contribution in [3.63, 3.8) is 0 Å². The zero-order valence-electron chi connectivity index (χ0n) is 12.3. The highest BCUT2D eigenvalue weighted by molar-refractivity contribution is 7.31. The molecule has 0 fully saturated rings. The molecule has 7 N–H and O–H groups in total. The van der Waals surface area contributed by atoms with Gasteiger partial charge in [0.1, 0.15) is 0 Å². The van der Waals surface area contributed by atoms with Gasteiger partial charge in [0, 0.05) is 15.7 Å². The first-order valence-corrected chi connectivity index (χ1v) is 9.22. The monoisotopic (exact) mass is 349 g/mol. The average Bonchev–Trinajstić information content (AvgIpc) is 2.35. The molecule has 128 valence electrons. The van der Waals surface area contributed by atoms with Crippen LogP contribution < -0.4 is 5.73 Å². The molecular weight excluding hydrogens is 320 g/mol. The Morgan fingerprint density at radius 3 is 1.10 bits per heavy atom. The molecule has 0 aromatic heterocycles. The Kier molecular flexibility index (Phi) is 30.8. The van der Waals surface area contributed by atoms with E-state index in [1.807, 2.05) is 0 Å². The zero-order valence-corrected chi connectivity index (χ0v) is 14.1. The van der Waals surface area contributed by atoms with Crippen molar-refractivity contribution in [1.82, 2.24) is 0 Å². The lowest BCUT2D eigenvalue weighted by Crippen LogP contribution is -1.97. The van der Waals surface area contributed by atoms with Gasteiger partial charge >= 0.3 is 16.5 Å². The first-order valence-electron chi connectivity index (χ1n) is 6.89. The third kappa shape index (κ3) is 64.9. The quantitative estimate of drug-likeness (QED) is 0.256. The Balaban J connectivity index is -0.000000334. The van der Waals surface area contributed by atoms with Crippen LogP contribution in [0.5, 0.6) is 0 Å². The summed E-state index contributed by atoms with van der Waals surface area (Å²) in [4.78, 5) is 28.5. The minimum atomic E-state index is -2.87. The Labute approximate surface area is 127 Å². The SMILES string of the molecule is NCCCCCCCCCCCO.O=[P+](O)O.O=[P+](O)O. The molecule has 0 aliphatic rings. The van der Waals surface area contributed by atoms with Crippen LogP contribution in [0.1, 0.15) is 57.8 Å². The van der Waals surface area contributed by atoms with E-state index in [2.05, 4.69) is 0 Å². The van der Waals surface area contributed by atoms with E-state index in [1.54, 1.807) is 0 Å². The maximum atomic E-state index is 8.70. The lowest BCUT2D eigenvalue weighted by molar-refractivity contribution is 0.282. The van der Waals surface area contributed by atoms with Gasteiger partial charge < -0.3 is 10.8 Å². The van der Waals surface area contributed by atoms with Gasteiger partial charge in [-0.05, 0) is 19.4 Å². The Hall–Kier alpha value is -0.0400. The Bertz CT molecular complexity index is 203. The second kappa shape index (κ2) is 24.9. The second-order valence-electron chi connectivity index (χ2n) is 4.20. The zero-order chi connectivity index (χ0) is 16.9. The molecule has 0 bridgehead atoms. The average molecular weight is 349 g/mol. The molecule has 0 aliphatic heterocycles. The molecule has 0 saturated heterocycles. The molecule has 0 rings (SSSR count). The molecule has 0 unspecified atom stereocenters. The van der Waals surface area contributed by atoms with Gasteiger partial charge in [0.25, 0.3) is 0 Å². The standard InChI is InChI=1S/C11H25NO.2HO3P/c12-10-8-6-4-2-1-3-5-7-9-11-13;2*1-4(2)3/h13H,1-12H2;2*(H-,1,2,3)/p+2. The van der Waals surface area contributed by atoms with Crippen molar-refractivity contribution in [3.8, 4) is 0 Å². The lowest BCUT2D eigenvalue weighted by Gasteiger charge is -2.00. The molecule has 0 saturated carbocycles. The molecule has 0 atom stereocenters. The smallest absolute Gasteiger partial charge is 0.396 e. The highest BCUT2D eigenvalue weighted by Gasteiger charge is 1.93. The molecule has 0 aromatic carbocycles. The summed E-state index contributed by atoms with van der Waals surface area (Å²) in [6.07, 6.45) is 11.3. The van der Waals surface area contributed by atoms with Crippen LogP contribution in [0.15, 0.2) is 0 Å². The van der Waals surface area contributed by atoms with Gasteiger partial charge in [0.15, 0.2) is 0 Å². The fraction of sp³-hybridized carbons (Fsp3) is 1.00. The van der Waals surface area contributed by atoms with E-state index in [0.717, 1.165) is 13.0 Å². The van der Waals surface area contributed by atoms with Crippen LogP contribution in [0, 0.1) is 0 Å². The minimum Gasteiger partial charge on any atom is -0.396 e. The van der Waals surface area contributed by atoms with Crippen molar-refractivity contribution in [2.24, 2.45) is 5.73 Å². The number of unbranched alkanes of at least 4 members (excludes halogenated alkanes) is 8. The predicted molar refractivity (Wildman–Crippen MR) is 81.8 cm³/mol. The number of hydrogen-bond donors (Lipinski definition) is 6. The van der Waals surface area contributed by atoms with Gasteiger partial charge in [-0.15, -0.1) is 19.6 Å². The third-order valence-electron chi connectivity index (χ3n) is 2.36. The highest BCUT2D eigenvalue weighted by atomic mass is 31.1. The van der Waals surface area contributed by atoms with E-state index in [0.29, 0.717) is 6.61 Å². The summed E-state index contributed by atoms with van der Waals surface area (Å²) in [7, 11) is -5.74. The van der Waals surface area contributed by atoms with Crippen LogP contribution in [-0.2, 0) is 9.13 Å². The van der Waals surface area contributed by atoms with Gasteiger partial charge in [-0.3, -0.25) is 0 Å². The number of rotatable bonds is 10. The first-order chi connectivity index (χ1) is 9.88. The first kappa shape index (κ1) is 25.9. The minimum absolute atomic E-state index is 0.358. The second-order valence-corrected chi connectivity index (χ2v) is 5.21. The van der Waals surface area contributed by atoms with E-state index < -0.39 is 16.5 Å². The fourth-order valence-corrected chi connectivity index (χ4v) is 1.49. The summed E-state index contributed by atoms with van der Waals surface area (Å²) in [6, 6.07) is 0. The van der Waals surface area contributed by atoms with E-state index in [1.165, 1.54) is 51.4 Å². The normalized spacial score (nSPS) is 9.05. The number of hydrogen-bond acceptors (Lipinski definition) is 4. The van der Waals surface area contributed by atoms with Gasteiger partial charge in [-0.25, -0.2) is 0 Å². The summed E-state index contributed by atoms with van der Waals surface area (Å²) in [6.45, 7) is 1.20. The summed E-state index contributed by atoms with van der Waals surface area (Å²) >= 11 is 0. The van der Waals surface area contributed by atoms with Crippen molar-refractivity contribution < 1.29 is 33.8 Å². The molecule has 10 heteroatoms. The number of nitrogens with two attached hydrogens (primary N) is 1. The van der Waals surface area contributed by atoms with Crippen molar-refractivity contribution in [2.75, 3.05) is 13.2 Å². The van der Waals surface area contributed by atoms with E-state index in [4.69, 9.17) is 39.5 Å². The maximum absolute atomic E-state index is 8.70. The Morgan fingerprint density at radius 1 is 0.619 bits per heavy atom. The molecule has 0 amide bonds. The van der Waals surface area contributed by atoms with Crippen molar-refractivity contribution in [1.29, 1.82) is 0 Å². The predicted octanol–water partition coefficient (Wildman–Crippen LogP) is 1.71. The number of aliphatic hydroxyl groups is 1. The lowest BCUT2D eigenvalue weighted by atomic mass is 10.1. The molecule has 21 heavy (non-hydrogen) atoms. The number of aliphatic hydroxyl groups excluding tert-OH is 1. The third-order valence-corrected chi connectivity index (χ3v) is 2.36. The Morgan fingerprint density at radius 2 is 0.857 bits per heavy atom. The van der Waals surface area contributed by atoms with Crippen LogP contribution in [0.25, 0.3) is 0 Å². The van der Waals surface area contributed by atoms with Crippen molar-refractivity contribution in [2.45, 2.75) is 57.8 Å².